The van der Waals surface area contributed by atoms with Gasteiger partial charge in [-0.1, -0.05) is 0 Å². The summed E-state index contributed by atoms with van der Waals surface area (Å²) < 4.78 is 11.6. The lowest BCUT2D eigenvalue weighted by Gasteiger charge is -2.08. The van der Waals surface area contributed by atoms with Crippen LogP contribution in [0.4, 0.5) is 0 Å². The van der Waals surface area contributed by atoms with Crippen molar-refractivity contribution in [3.8, 4) is 45.6 Å². The second kappa shape index (κ2) is 8.71. The van der Waals surface area contributed by atoms with Crippen LogP contribution in [0.2, 0.25) is 0 Å². The minimum absolute atomic E-state index is 0.0135. The third-order valence-corrected chi connectivity index (χ3v) is 5.24. The Balaban J connectivity index is 1.56. The number of aromatic nitrogens is 3. The van der Waals surface area contributed by atoms with Gasteiger partial charge in [-0.2, -0.15) is 0 Å². The first kappa shape index (κ1) is 21.8. The van der Waals surface area contributed by atoms with Crippen molar-refractivity contribution in [2.75, 3.05) is 0 Å². The molecule has 0 spiro atoms. The van der Waals surface area contributed by atoms with Gasteiger partial charge in [-0.05, 0) is 67.6 Å². The third-order valence-electron chi connectivity index (χ3n) is 5.24. The zero-order chi connectivity index (χ0) is 24.5. The van der Waals surface area contributed by atoms with E-state index < -0.39 is 11.9 Å². The first-order chi connectivity index (χ1) is 16.9. The van der Waals surface area contributed by atoms with Crippen LogP contribution in [-0.4, -0.2) is 37.1 Å². The van der Waals surface area contributed by atoms with Crippen LogP contribution in [0, 0.1) is 6.92 Å². The molecule has 5 aromatic heterocycles. The highest BCUT2D eigenvalue weighted by atomic mass is 16.4. The molecule has 5 aromatic rings. The predicted molar refractivity (Wildman–Crippen MR) is 125 cm³/mol. The number of carboxylic acids is 2. The normalized spacial score (nSPS) is 10.9. The molecule has 35 heavy (non-hydrogen) atoms. The maximum Gasteiger partial charge on any atom is 0.335 e. The number of furan rings is 2. The molecule has 0 unspecified atom stereocenters. The summed E-state index contributed by atoms with van der Waals surface area (Å²) >= 11 is 0. The highest BCUT2D eigenvalue weighted by Gasteiger charge is 2.16. The topological polar surface area (TPSA) is 140 Å². The Bertz CT molecular complexity index is 1580. The Hall–Kier alpha value is -5.05. The summed E-state index contributed by atoms with van der Waals surface area (Å²) in [4.78, 5) is 36.2. The smallest absolute Gasteiger partial charge is 0.335 e. The van der Waals surface area contributed by atoms with E-state index in [-0.39, 0.29) is 28.2 Å². The molecule has 0 aliphatic rings. The number of aryl methyl sites for hydroxylation is 1. The van der Waals surface area contributed by atoms with Gasteiger partial charge in [0.05, 0.1) is 33.9 Å². The predicted octanol–water partition coefficient (Wildman–Crippen LogP) is 5.43. The molecular weight excluding hydrogens is 450 g/mol. The Morgan fingerprint density at radius 2 is 1.23 bits per heavy atom. The van der Waals surface area contributed by atoms with E-state index in [0.29, 0.717) is 28.5 Å². The van der Waals surface area contributed by atoms with E-state index in [9.17, 15) is 19.8 Å². The molecule has 0 fully saturated rings. The van der Waals surface area contributed by atoms with Gasteiger partial charge in [-0.15, -0.1) is 0 Å². The van der Waals surface area contributed by atoms with E-state index in [1.54, 1.807) is 30.5 Å². The summed E-state index contributed by atoms with van der Waals surface area (Å²) in [5, 5.41) is 18.9. The fourth-order valence-electron chi connectivity index (χ4n) is 3.54. The van der Waals surface area contributed by atoms with Crippen LogP contribution in [0.15, 0.2) is 81.9 Å². The summed E-state index contributed by atoms with van der Waals surface area (Å²) in [5.41, 5.74) is 1.83. The molecule has 5 rings (SSSR count). The van der Waals surface area contributed by atoms with Crippen molar-refractivity contribution in [3.05, 3.63) is 89.9 Å². The van der Waals surface area contributed by atoms with Crippen LogP contribution in [0.5, 0.6) is 0 Å². The van der Waals surface area contributed by atoms with Gasteiger partial charge in [0.1, 0.15) is 11.5 Å². The molecule has 0 aliphatic heterocycles. The molecule has 0 saturated heterocycles. The number of pyridine rings is 3. The summed E-state index contributed by atoms with van der Waals surface area (Å²) in [6.07, 6.45) is 2.91. The zero-order valence-corrected chi connectivity index (χ0v) is 18.3. The van der Waals surface area contributed by atoms with Crippen LogP contribution in [0.1, 0.15) is 26.5 Å². The van der Waals surface area contributed by atoms with Crippen molar-refractivity contribution >= 4 is 11.9 Å². The average molecular weight is 467 g/mol. The molecule has 2 N–H and O–H groups in total. The Labute approximate surface area is 198 Å². The molecule has 0 atom stereocenters. The van der Waals surface area contributed by atoms with Crippen LogP contribution in [0.25, 0.3) is 45.6 Å². The number of rotatable bonds is 6. The monoisotopic (exact) mass is 467 g/mol. The van der Waals surface area contributed by atoms with E-state index in [2.05, 4.69) is 15.0 Å². The molecule has 172 valence electrons. The second-order valence-electron chi connectivity index (χ2n) is 7.67. The minimum Gasteiger partial charge on any atom is -0.478 e. The van der Waals surface area contributed by atoms with E-state index >= 15 is 0 Å². The molecule has 0 bridgehead atoms. The molecule has 0 aromatic carbocycles. The van der Waals surface area contributed by atoms with Gasteiger partial charge in [-0.3, -0.25) is 9.97 Å². The first-order valence-corrected chi connectivity index (χ1v) is 10.5. The third kappa shape index (κ3) is 4.42. The first-order valence-electron chi connectivity index (χ1n) is 10.5. The lowest BCUT2D eigenvalue weighted by Crippen LogP contribution is -2.02. The number of nitrogens with zero attached hydrogens (tertiary/aromatic N) is 3. The largest absolute Gasteiger partial charge is 0.478 e. The summed E-state index contributed by atoms with van der Waals surface area (Å²) in [5.74, 6) is 0.240. The number of carboxylic acid groups (broad SMARTS) is 2. The van der Waals surface area contributed by atoms with Crippen LogP contribution >= 0.6 is 0 Å². The van der Waals surface area contributed by atoms with Crippen LogP contribution in [-0.2, 0) is 0 Å². The number of aromatic carboxylic acids is 2. The summed E-state index contributed by atoms with van der Waals surface area (Å²) in [7, 11) is 0. The van der Waals surface area contributed by atoms with Gasteiger partial charge in [-0.25, -0.2) is 14.6 Å². The van der Waals surface area contributed by atoms with E-state index in [4.69, 9.17) is 8.83 Å². The highest BCUT2D eigenvalue weighted by molar-refractivity contribution is 5.91. The van der Waals surface area contributed by atoms with Gasteiger partial charge < -0.3 is 19.0 Å². The Kier molecular flexibility index (Phi) is 5.42. The second-order valence-corrected chi connectivity index (χ2v) is 7.67. The highest BCUT2D eigenvalue weighted by Crippen LogP contribution is 2.31. The van der Waals surface area contributed by atoms with Gasteiger partial charge in [0.2, 0.25) is 0 Å². The van der Waals surface area contributed by atoms with Crippen molar-refractivity contribution in [3.63, 3.8) is 0 Å². The van der Waals surface area contributed by atoms with Crippen LogP contribution in [0.3, 0.4) is 0 Å². The Morgan fingerprint density at radius 1 is 0.657 bits per heavy atom. The number of hydrogen-bond acceptors (Lipinski definition) is 7. The fourth-order valence-corrected chi connectivity index (χ4v) is 3.54. The molecule has 0 radical (unpaired) electrons. The van der Waals surface area contributed by atoms with Crippen molar-refractivity contribution in [2.45, 2.75) is 6.92 Å². The fraction of sp³-hybridized carbons (Fsp3) is 0.0385. The maximum atomic E-state index is 11.8. The van der Waals surface area contributed by atoms with E-state index in [1.807, 2.05) is 19.1 Å². The van der Waals surface area contributed by atoms with Gasteiger partial charge in [0.15, 0.2) is 11.5 Å². The lowest BCUT2D eigenvalue weighted by atomic mass is 10.1. The molecule has 9 nitrogen and oxygen atoms in total. The summed E-state index contributed by atoms with van der Waals surface area (Å²) in [6, 6.07) is 16.2. The van der Waals surface area contributed by atoms with Crippen LogP contribution < -0.4 is 0 Å². The number of carbonyl (C=O) groups is 2. The lowest BCUT2D eigenvalue weighted by molar-refractivity contribution is 0.0686. The summed E-state index contributed by atoms with van der Waals surface area (Å²) in [6.45, 7) is 1.85. The maximum absolute atomic E-state index is 11.8. The quantitative estimate of drug-likeness (QED) is 0.334. The minimum atomic E-state index is -1.16. The van der Waals surface area contributed by atoms with Crippen molar-refractivity contribution in [1.29, 1.82) is 0 Å². The molecule has 9 heteroatoms. The standard InChI is InChI=1S/C26H17N3O6/c1-14-2-3-23(34-14)24-5-4-22(35-24)15-6-8-27-18(10-15)20-12-17(26(32)33)13-21(29-20)19-11-16(25(30)31)7-9-28-19/h2-13H,1H3,(H,30,31)(H,32,33). The Morgan fingerprint density at radius 3 is 1.89 bits per heavy atom. The number of hydrogen-bond donors (Lipinski definition) is 2. The van der Waals surface area contributed by atoms with Gasteiger partial charge >= 0.3 is 11.9 Å². The SMILES string of the molecule is Cc1ccc(-c2ccc(-c3ccnc(-c4cc(C(=O)O)cc(-c5cc(C(=O)O)ccn5)n4)c3)o2)o1. The van der Waals surface area contributed by atoms with Gasteiger partial charge in [0, 0.05) is 18.0 Å². The molecule has 0 aliphatic carbocycles. The molecular formula is C26H17N3O6. The van der Waals surface area contributed by atoms with Crippen molar-refractivity contribution in [1.82, 2.24) is 15.0 Å². The molecule has 0 amide bonds. The van der Waals surface area contributed by atoms with E-state index in [0.717, 1.165) is 5.76 Å². The average Bonchev–Trinajstić information content (AvgIpc) is 3.53. The molecule has 5 heterocycles. The zero-order valence-electron chi connectivity index (χ0n) is 18.3. The van der Waals surface area contributed by atoms with Crippen molar-refractivity contribution < 1.29 is 28.6 Å². The van der Waals surface area contributed by atoms with E-state index in [1.165, 1.54) is 30.5 Å². The van der Waals surface area contributed by atoms with Crippen molar-refractivity contribution in [2.24, 2.45) is 0 Å². The molecule has 0 saturated carbocycles. The van der Waals surface area contributed by atoms with Gasteiger partial charge in [0.25, 0.3) is 0 Å².